The minimum Gasteiger partial charge on any atom is -0.399 e. The third kappa shape index (κ3) is 4.71. The number of benzene rings is 2. The minimum absolute atomic E-state index is 0.0917. The summed E-state index contributed by atoms with van der Waals surface area (Å²) >= 11 is 5.71. The van der Waals surface area contributed by atoms with Crippen LogP contribution in [0, 0.1) is 0 Å². The van der Waals surface area contributed by atoms with Gasteiger partial charge in [0, 0.05) is 5.69 Å². The van der Waals surface area contributed by atoms with Crippen molar-refractivity contribution in [3.8, 4) is 0 Å². The van der Waals surface area contributed by atoms with E-state index in [2.05, 4.69) is 0 Å². The Bertz CT molecular complexity index is 762. The molecule has 2 aromatic rings. The molecule has 2 rings (SSSR count). The molecule has 0 unspecified atom stereocenters. The van der Waals surface area contributed by atoms with Crippen molar-refractivity contribution in [2.75, 3.05) is 5.73 Å². The molecule has 0 spiro atoms. The van der Waals surface area contributed by atoms with E-state index in [0.717, 1.165) is 30.5 Å². The van der Waals surface area contributed by atoms with Crippen LogP contribution in [0.1, 0.15) is 24.0 Å². The van der Waals surface area contributed by atoms with Crippen molar-refractivity contribution < 1.29 is 12.3 Å². The van der Waals surface area contributed by atoms with Gasteiger partial charge in [0.25, 0.3) is 0 Å². The van der Waals surface area contributed by atoms with E-state index >= 15 is 0 Å². The normalized spacial score (nSPS) is 11.5. The number of rotatable bonds is 6. The van der Waals surface area contributed by atoms with Crippen molar-refractivity contribution in [3.05, 3.63) is 58.6 Å². The van der Waals surface area contributed by atoms with E-state index in [0.29, 0.717) is 6.42 Å². The van der Waals surface area contributed by atoms with Crippen LogP contribution in [0.15, 0.2) is 47.4 Å². The molecule has 0 heterocycles. The molecule has 0 bridgehead atoms. The zero-order valence-electron chi connectivity index (χ0n) is 11.9. The molecule has 2 aromatic carbocycles. The Morgan fingerprint density at radius 2 is 1.64 bits per heavy atom. The lowest BCUT2D eigenvalue weighted by Crippen LogP contribution is -1.96. The van der Waals surface area contributed by atoms with E-state index in [4.69, 9.17) is 17.3 Å². The highest BCUT2D eigenvalue weighted by Gasteiger charge is 2.16. The van der Waals surface area contributed by atoms with Gasteiger partial charge in [-0.05, 0) is 61.1 Å². The van der Waals surface area contributed by atoms with Gasteiger partial charge in [0.1, 0.15) is 4.90 Å². The van der Waals surface area contributed by atoms with Crippen molar-refractivity contribution in [2.24, 2.45) is 0 Å². The second-order valence-corrected chi connectivity index (χ2v) is 6.88. The van der Waals surface area contributed by atoms with E-state index in [1.807, 2.05) is 24.3 Å². The maximum Gasteiger partial charge on any atom is 0.333 e. The molecule has 3 nitrogen and oxygen atoms in total. The Morgan fingerprint density at radius 1 is 1.00 bits per heavy atom. The van der Waals surface area contributed by atoms with Gasteiger partial charge in [-0.2, -0.15) is 8.42 Å². The average molecular weight is 342 g/mol. The number of nitrogens with two attached hydrogens (primary N) is 1. The maximum absolute atomic E-state index is 13.1. The summed E-state index contributed by atoms with van der Waals surface area (Å²) < 4.78 is 35.1. The third-order valence-corrected chi connectivity index (χ3v) is 4.69. The smallest absolute Gasteiger partial charge is 0.333 e. The molecule has 0 saturated heterocycles. The molecule has 2 N–H and O–H groups in total. The predicted octanol–water partition coefficient (Wildman–Crippen LogP) is 4.15. The standard InChI is InChI=1S/C16H17ClFNO2S/c17-15-9-8-13(11-16(15)22(18,20)21)5-2-1-4-12-6-3-7-14(19)10-12/h3,6-11H,1-2,4-5,19H2. The summed E-state index contributed by atoms with van der Waals surface area (Å²) in [4.78, 5) is -0.456. The Kier molecular flexibility index (Phi) is 5.42. The van der Waals surface area contributed by atoms with Crippen LogP contribution in [-0.4, -0.2) is 8.42 Å². The molecule has 22 heavy (non-hydrogen) atoms. The Labute approximate surface area is 135 Å². The lowest BCUT2D eigenvalue weighted by Gasteiger charge is -2.06. The highest BCUT2D eigenvalue weighted by atomic mass is 35.5. The molecule has 0 amide bonds. The van der Waals surface area contributed by atoms with Crippen LogP contribution in [0.4, 0.5) is 9.57 Å². The molecule has 0 radical (unpaired) electrons. The van der Waals surface area contributed by atoms with Crippen molar-refractivity contribution >= 4 is 27.5 Å². The number of unbranched alkanes of at least 4 members (excludes halogenated alkanes) is 1. The lowest BCUT2D eigenvalue weighted by molar-refractivity contribution is 0.552. The van der Waals surface area contributed by atoms with Crippen LogP contribution in [0.25, 0.3) is 0 Å². The largest absolute Gasteiger partial charge is 0.399 e. The van der Waals surface area contributed by atoms with Gasteiger partial charge < -0.3 is 5.73 Å². The van der Waals surface area contributed by atoms with E-state index < -0.39 is 15.1 Å². The number of hydrogen-bond donors (Lipinski definition) is 1. The third-order valence-electron chi connectivity index (χ3n) is 3.39. The number of aryl methyl sites for hydroxylation is 2. The Morgan fingerprint density at radius 3 is 2.23 bits per heavy atom. The van der Waals surface area contributed by atoms with Crippen molar-refractivity contribution in [1.29, 1.82) is 0 Å². The van der Waals surface area contributed by atoms with E-state index in [-0.39, 0.29) is 5.02 Å². The first kappa shape index (κ1) is 16.8. The van der Waals surface area contributed by atoms with Gasteiger partial charge in [0.05, 0.1) is 5.02 Å². The first-order chi connectivity index (χ1) is 10.4. The van der Waals surface area contributed by atoms with Gasteiger partial charge >= 0.3 is 10.2 Å². The van der Waals surface area contributed by atoms with E-state index in [1.54, 1.807) is 6.07 Å². The van der Waals surface area contributed by atoms with Crippen LogP contribution >= 0.6 is 11.6 Å². The van der Waals surface area contributed by atoms with Crippen LogP contribution in [0.5, 0.6) is 0 Å². The lowest BCUT2D eigenvalue weighted by atomic mass is 10.0. The van der Waals surface area contributed by atoms with Crippen molar-refractivity contribution in [2.45, 2.75) is 30.6 Å². The Hall–Kier alpha value is -1.59. The molecule has 0 aromatic heterocycles. The second kappa shape index (κ2) is 7.11. The molecule has 0 aliphatic rings. The van der Waals surface area contributed by atoms with Gasteiger partial charge in [-0.1, -0.05) is 29.8 Å². The molecule has 6 heteroatoms. The van der Waals surface area contributed by atoms with Crippen LogP contribution in [0.2, 0.25) is 5.02 Å². The van der Waals surface area contributed by atoms with Crippen molar-refractivity contribution in [1.82, 2.24) is 0 Å². The number of hydrogen-bond acceptors (Lipinski definition) is 3. The first-order valence-electron chi connectivity index (χ1n) is 6.94. The fourth-order valence-corrected chi connectivity index (χ4v) is 3.28. The van der Waals surface area contributed by atoms with Crippen LogP contribution in [0.3, 0.4) is 0 Å². The topological polar surface area (TPSA) is 60.2 Å². The molecule has 0 atom stereocenters. The summed E-state index contributed by atoms with van der Waals surface area (Å²) in [5.74, 6) is 0. The Balaban J connectivity index is 1.92. The second-order valence-electron chi connectivity index (χ2n) is 5.15. The van der Waals surface area contributed by atoms with Crippen LogP contribution in [-0.2, 0) is 23.1 Å². The monoisotopic (exact) mass is 341 g/mol. The zero-order chi connectivity index (χ0) is 16.2. The highest BCUT2D eigenvalue weighted by Crippen LogP contribution is 2.25. The highest BCUT2D eigenvalue weighted by molar-refractivity contribution is 7.86. The number of halogens is 2. The summed E-state index contributed by atoms with van der Waals surface area (Å²) in [7, 11) is -4.78. The molecule has 0 aliphatic carbocycles. The van der Waals surface area contributed by atoms with Crippen LogP contribution < -0.4 is 5.73 Å². The van der Waals surface area contributed by atoms with Gasteiger partial charge in [-0.25, -0.2) is 0 Å². The fraction of sp³-hybridized carbons (Fsp3) is 0.250. The summed E-state index contributed by atoms with van der Waals surface area (Å²) in [5, 5.41) is -0.0917. The summed E-state index contributed by atoms with van der Waals surface area (Å²) in [5.41, 5.74) is 8.39. The molecule has 118 valence electrons. The molecular weight excluding hydrogens is 325 g/mol. The minimum atomic E-state index is -4.78. The quantitative estimate of drug-likeness (QED) is 0.488. The number of anilines is 1. The summed E-state index contributed by atoms with van der Waals surface area (Å²) in [6.07, 6.45) is 3.36. The molecule has 0 aliphatic heterocycles. The van der Waals surface area contributed by atoms with Gasteiger partial charge in [-0.15, -0.1) is 3.89 Å². The fourth-order valence-electron chi connectivity index (χ4n) is 2.30. The van der Waals surface area contributed by atoms with Gasteiger partial charge in [-0.3, -0.25) is 0 Å². The van der Waals surface area contributed by atoms with E-state index in [1.165, 1.54) is 17.7 Å². The first-order valence-corrected chi connectivity index (χ1v) is 8.70. The zero-order valence-corrected chi connectivity index (χ0v) is 13.5. The summed E-state index contributed by atoms with van der Waals surface area (Å²) in [6, 6.07) is 12.2. The maximum atomic E-state index is 13.1. The average Bonchev–Trinajstić information content (AvgIpc) is 2.44. The molecular formula is C16H17ClFNO2S. The SMILES string of the molecule is Nc1cccc(CCCCc2ccc(Cl)c(S(=O)(=O)F)c2)c1. The summed E-state index contributed by atoms with van der Waals surface area (Å²) in [6.45, 7) is 0. The molecule has 0 saturated carbocycles. The number of nitrogen functional groups attached to an aromatic ring is 1. The predicted molar refractivity (Wildman–Crippen MR) is 87.2 cm³/mol. The molecule has 0 fully saturated rings. The van der Waals surface area contributed by atoms with E-state index in [9.17, 15) is 12.3 Å². The van der Waals surface area contributed by atoms with Gasteiger partial charge in [0.15, 0.2) is 0 Å². The van der Waals surface area contributed by atoms with Gasteiger partial charge in [0.2, 0.25) is 0 Å². The van der Waals surface area contributed by atoms with Crippen molar-refractivity contribution in [3.63, 3.8) is 0 Å².